The molecule has 0 bridgehead atoms. The van der Waals surface area contributed by atoms with E-state index in [0.717, 1.165) is 0 Å². The van der Waals surface area contributed by atoms with Gasteiger partial charge in [0.1, 0.15) is 23.1 Å². The molecule has 1 amide bonds. The van der Waals surface area contributed by atoms with Crippen molar-refractivity contribution in [3.8, 4) is 17.6 Å². The second-order valence-electron chi connectivity index (χ2n) is 4.96. The molecule has 0 unspecified atom stereocenters. The van der Waals surface area contributed by atoms with Gasteiger partial charge in [-0.25, -0.2) is 0 Å². The summed E-state index contributed by atoms with van der Waals surface area (Å²) in [6, 6.07) is 11.6. The Kier molecular flexibility index (Phi) is 6.73. The van der Waals surface area contributed by atoms with E-state index in [0.29, 0.717) is 32.9 Å². The number of carbonyl (C=O) groups is 1. The molecule has 2 N–H and O–H groups in total. The van der Waals surface area contributed by atoms with Crippen molar-refractivity contribution >= 4 is 40.5 Å². The van der Waals surface area contributed by atoms with E-state index in [2.05, 4.69) is 10.6 Å². The van der Waals surface area contributed by atoms with E-state index in [1.807, 2.05) is 6.07 Å². The van der Waals surface area contributed by atoms with E-state index in [9.17, 15) is 10.1 Å². The molecule has 0 fully saturated rings. The minimum Gasteiger partial charge on any atom is -0.497 e. The quantitative estimate of drug-likeness (QED) is 0.560. The lowest BCUT2D eigenvalue weighted by Gasteiger charge is -2.11. The average Bonchev–Trinajstić information content (AvgIpc) is 2.64. The third-order valence-electron chi connectivity index (χ3n) is 3.32. The number of ether oxygens (including phenoxy) is 2. The van der Waals surface area contributed by atoms with Crippen molar-refractivity contribution in [1.82, 2.24) is 0 Å². The number of carbonyl (C=O) groups excluding carboxylic acids is 1. The number of hydrogen-bond acceptors (Lipinski definition) is 5. The molecule has 0 saturated carbocycles. The Morgan fingerprint density at radius 3 is 2.54 bits per heavy atom. The van der Waals surface area contributed by atoms with Crippen LogP contribution in [0.5, 0.6) is 11.5 Å². The lowest BCUT2D eigenvalue weighted by atomic mass is 10.2. The molecule has 0 aliphatic carbocycles. The summed E-state index contributed by atoms with van der Waals surface area (Å²) in [4.78, 5) is 12.4. The Hall–Kier alpha value is -2.88. The molecule has 0 atom stereocenters. The largest absolute Gasteiger partial charge is 0.497 e. The Balaban J connectivity index is 2.21. The van der Waals surface area contributed by atoms with Crippen LogP contribution in [0.2, 0.25) is 10.0 Å². The molecular formula is C18H15Cl2N3O3. The molecule has 134 valence electrons. The number of nitrogens with zero attached hydrogens (tertiary/aromatic N) is 1. The Labute approximate surface area is 160 Å². The van der Waals surface area contributed by atoms with Gasteiger partial charge >= 0.3 is 0 Å². The molecule has 0 saturated heterocycles. The van der Waals surface area contributed by atoms with Crippen molar-refractivity contribution < 1.29 is 14.3 Å². The van der Waals surface area contributed by atoms with Crippen LogP contribution in [-0.2, 0) is 4.79 Å². The van der Waals surface area contributed by atoms with Crippen LogP contribution in [0.4, 0.5) is 11.4 Å². The maximum absolute atomic E-state index is 12.4. The molecule has 0 aliphatic heterocycles. The van der Waals surface area contributed by atoms with Crippen molar-refractivity contribution in [2.24, 2.45) is 0 Å². The van der Waals surface area contributed by atoms with E-state index in [1.54, 1.807) is 36.4 Å². The number of nitrogens with one attached hydrogen (secondary N) is 2. The van der Waals surface area contributed by atoms with Crippen molar-refractivity contribution in [1.29, 1.82) is 5.26 Å². The summed E-state index contributed by atoms with van der Waals surface area (Å²) in [5.74, 6) is 0.347. The normalized spacial score (nSPS) is 10.7. The Morgan fingerprint density at radius 2 is 1.88 bits per heavy atom. The number of nitriles is 1. The van der Waals surface area contributed by atoms with Crippen LogP contribution in [0.1, 0.15) is 0 Å². The molecule has 0 radical (unpaired) electrons. The van der Waals surface area contributed by atoms with Crippen molar-refractivity contribution in [2.45, 2.75) is 0 Å². The number of hydrogen-bond donors (Lipinski definition) is 2. The average molecular weight is 392 g/mol. The number of halogens is 2. The summed E-state index contributed by atoms with van der Waals surface area (Å²) in [5, 5.41) is 15.6. The number of methoxy groups -OCH3 is 2. The summed E-state index contributed by atoms with van der Waals surface area (Å²) >= 11 is 11.9. The fourth-order valence-corrected chi connectivity index (χ4v) is 2.35. The SMILES string of the molecule is COc1ccc(OC)c(NC(=O)/C(C#N)=C\Nc2cc(Cl)ccc2Cl)c1. The number of benzene rings is 2. The van der Waals surface area contributed by atoms with E-state index < -0.39 is 5.91 Å². The molecule has 0 aliphatic rings. The minimum atomic E-state index is -0.621. The molecule has 0 aromatic heterocycles. The van der Waals surface area contributed by atoms with Crippen LogP contribution in [0.25, 0.3) is 0 Å². The van der Waals surface area contributed by atoms with E-state index in [4.69, 9.17) is 32.7 Å². The monoisotopic (exact) mass is 391 g/mol. The van der Waals surface area contributed by atoms with Gasteiger partial charge in [-0.15, -0.1) is 0 Å². The Bertz CT molecular complexity index is 892. The maximum Gasteiger partial charge on any atom is 0.267 e. The third-order valence-corrected chi connectivity index (χ3v) is 3.89. The van der Waals surface area contributed by atoms with Crippen molar-refractivity contribution in [3.05, 3.63) is 58.2 Å². The van der Waals surface area contributed by atoms with Crippen molar-refractivity contribution in [3.63, 3.8) is 0 Å². The lowest BCUT2D eigenvalue weighted by Crippen LogP contribution is -2.15. The highest BCUT2D eigenvalue weighted by molar-refractivity contribution is 6.35. The molecule has 6 nitrogen and oxygen atoms in total. The van der Waals surface area contributed by atoms with Gasteiger partial charge in [0.05, 0.1) is 30.6 Å². The molecular weight excluding hydrogens is 377 g/mol. The number of anilines is 2. The standard InChI is InChI=1S/C18H15Cl2N3O3/c1-25-13-4-6-17(26-2)16(8-13)23-18(24)11(9-21)10-22-15-7-12(19)3-5-14(15)20/h3-8,10,22H,1-2H3,(H,23,24)/b11-10-. The predicted octanol–water partition coefficient (Wildman–Crippen LogP) is 4.47. The first-order valence-corrected chi connectivity index (χ1v) is 8.09. The highest BCUT2D eigenvalue weighted by Gasteiger charge is 2.13. The summed E-state index contributed by atoms with van der Waals surface area (Å²) in [6.45, 7) is 0. The highest BCUT2D eigenvalue weighted by Crippen LogP contribution is 2.29. The van der Waals surface area contributed by atoms with Crippen LogP contribution < -0.4 is 20.1 Å². The van der Waals surface area contributed by atoms with Gasteiger partial charge in [-0.1, -0.05) is 23.2 Å². The molecule has 0 heterocycles. The summed E-state index contributed by atoms with van der Waals surface area (Å²) < 4.78 is 10.3. The molecule has 8 heteroatoms. The van der Waals surface area contributed by atoms with Gasteiger partial charge in [-0.05, 0) is 30.3 Å². The van der Waals surface area contributed by atoms with Gasteiger partial charge in [-0.2, -0.15) is 5.26 Å². The molecule has 2 aromatic rings. The van der Waals surface area contributed by atoms with Crippen LogP contribution >= 0.6 is 23.2 Å². The van der Waals surface area contributed by atoms with Gasteiger partial charge in [-0.3, -0.25) is 4.79 Å². The highest BCUT2D eigenvalue weighted by atomic mass is 35.5. The Morgan fingerprint density at radius 1 is 1.12 bits per heavy atom. The van der Waals surface area contributed by atoms with Gasteiger partial charge in [0, 0.05) is 17.3 Å². The smallest absolute Gasteiger partial charge is 0.267 e. The first-order chi connectivity index (χ1) is 12.5. The van der Waals surface area contributed by atoms with Gasteiger partial charge in [0.2, 0.25) is 0 Å². The van der Waals surface area contributed by atoms with Crippen LogP contribution in [0.3, 0.4) is 0 Å². The van der Waals surface area contributed by atoms with E-state index in [1.165, 1.54) is 20.4 Å². The number of amides is 1. The van der Waals surface area contributed by atoms with Crippen molar-refractivity contribution in [2.75, 3.05) is 24.9 Å². The predicted molar refractivity (Wildman–Crippen MR) is 102 cm³/mol. The van der Waals surface area contributed by atoms with Gasteiger partial charge in [0.15, 0.2) is 0 Å². The zero-order valence-electron chi connectivity index (χ0n) is 14.0. The second kappa shape index (κ2) is 8.99. The van der Waals surface area contributed by atoms with Crippen LogP contribution in [0.15, 0.2) is 48.2 Å². The summed E-state index contributed by atoms with van der Waals surface area (Å²) in [5.41, 5.74) is 0.684. The zero-order valence-corrected chi connectivity index (χ0v) is 15.5. The molecule has 2 rings (SSSR count). The lowest BCUT2D eigenvalue weighted by molar-refractivity contribution is -0.112. The first kappa shape index (κ1) is 19.4. The first-order valence-electron chi connectivity index (χ1n) is 7.33. The van der Waals surface area contributed by atoms with Crippen LogP contribution in [-0.4, -0.2) is 20.1 Å². The van der Waals surface area contributed by atoms with E-state index in [-0.39, 0.29) is 5.57 Å². The second-order valence-corrected chi connectivity index (χ2v) is 5.80. The van der Waals surface area contributed by atoms with Crippen LogP contribution in [0, 0.1) is 11.3 Å². The van der Waals surface area contributed by atoms with E-state index >= 15 is 0 Å². The number of rotatable bonds is 6. The van der Waals surface area contributed by atoms with Gasteiger partial charge in [0.25, 0.3) is 5.91 Å². The molecule has 2 aromatic carbocycles. The fraction of sp³-hybridized carbons (Fsp3) is 0.111. The molecule has 26 heavy (non-hydrogen) atoms. The summed E-state index contributed by atoms with van der Waals surface area (Å²) in [7, 11) is 2.98. The summed E-state index contributed by atoms with van der Waals surface area (Å²) in [6.07, 6.45) is 1.25. The third kappa shape index (κ3) is 4.82. The molecule has 0 spiro atoms. The topological polar surface area (TPSA) is 83.4 Å². The minimum absolute atomic E-state index is 0.161. The van der Waals surface area contributed by atoms with Gasteiger partial charge < -0.3 is 20.1 Å². The zero-order chi connectivity index (χ0) is 19.1. The fourth-order valence-electron chi connectivity index (χ4n) is 2.01. The maximum atomic E-state index is 12.4.